The maximum Gasteiger partial charge on any atom is 0.339 e. The second-order valence-corrected chi connectivity index (χ2v) is 10.2. The van der Waals surface area contributed by atoms with Crippen molar-refractivity contribution < 1.29 is 14.3 Å². The first kappa shape index (κ1) is 24.6. The number of carbonyl (C=O) groups excluding carboxylic acids is 1. The van der Waals surface area contributed by atoms with Crippen LogP contribution in [0, 0.1) is 5.92 Å². The highest BCUT2D eigenvalue weighted by atomic mass is 32.1. The maximum absolute atomic E-state index is 12.6. The lowest BCUT2D eigenvalue weighted by molar-refractivity contribution is -0.157. The van der Waals surface area contributed by atoms with Gasteiger partial charge in [0.1, 0.15) is 0 Å². The van der Waals surface area contributed by atoms with Gasteiger partial charge in [-0.15, -0.1) is 11.3 Å². The van der Waals surface area contributed by atoms with E-state index in [1.165, 1.54) is 20.8 Å². The number of carbonyl (C=O) groups is 1. The topological polar surface area (TPSA) is 60.5 Å². The third-order valence-electron chi connectivity index (χ3n) is 6.83. The maximum atomic E-state index is 12.6. The van der Waals surface area contributed by atoms with Crippen LogP contribution in [0.15, 0.2) is 78.9 Å². The van der Waals surface area contributed by atoms with Crippen molar-refractivity contribution in [1.29, 1.82) is 0 Å². The molecule has 4 aromatic rings. The smallest absolute Gasteiger partial charge is 0.339 e. The quantitative estimate of drug-likeness (QED) is 0.271. The molecule has 3 aromatic carbocycles. The molecule has 3 atom stereocenters. The Morgan fingerprint density at radius 1 is 1.06 bits per heavy atom. The number of nitrogens with zero attached hydrogens (tertiary/aromatic N) is 1. The summed E-state index contributed by atoms with van der Waals surface area (Å²) in [6.07, 6.45) is 1.25. The highest BCUT2D eigenvalue weighted by Gasteiger charge is 2.30. The Morgan fingerprint density at radius 2 is 1.83 bits per heavy atom. The average Bonchev–Trinajstić information content (AvgIpc) is 3.36. The number of piperidine rings is 1. The summed E-state index contributed by atoms with van der Waals surface area (Å²) in [7, 11) is 0. The summed E-state index contributed by atoms with van der Waals surface area (Å²) in [5, 5.41) is 4.73. The number of ether oxygens (including phenoxy) is 2. The van der Waals surface area contributed by atoms with Crippen molar-refractivity contribution in [2.24, 2.45) is 5.92 Å². The number of fused-ring (bicyclic) bond motifs is 1. The molecule has 186 valence electrons. The third kappa shape index (κ3) is 5.67. The molecule has 0 spiro atoms. The molecule has 1 aliphatic rings. The summed E-state index contributed by atoms with van der Waals surface area (Å²) in [5.41, 5.74) is 4.33. The first-order chi connectivity index (χ1) is 17.7. The number of esters is 1. The molecule has 5 rings (SSSR count). The fourth-order valence-electron chi connectivity index (χ4n) is 4.94. The molecule has 2 heterocycles. The van der Waals surface area contributed by atoms with E-state index in [2.05, 4.69) is 47.8 Å². The van der Waals surface area contributed by atoms with Crippen molar-refractivity contribution in [3.8, 4) is 11.1 Å². The van der Waals surface area contributed by atoms with Gasteiger partial charge in [-0.1, -0.05) is 66.7 Å². The highest BCUT2D eigenvalue weighted by Crippen LogP contribution is 2.37. The Balaban J connectivity index is 1.29. The van der Waals surface area contributed by atoms with Gasteiger partial charge in [-0.05, 0) is 61.1 Å². The van der Waals surface area contributed by atoms with Crippen LogP contribution < -0.4 is 5.32 Å². The van der Waals surface area contributed by atoms with E-state index in [9.17, 15) is 4.79 Å². The van der Waals surface area contributed by atoms with Crippen LogP contribution >= 0.6 is 11.3 Å². The Bertz CT molecular complexity index is 1280. The van der Waals surface area contributed by atoms with Crippen molar-refractivity contribution in [1.82, 2.24) is 10.3 Å². The summed E-state index contributed by atoms with van der Waals surface area (Å²) in [6, 6.07) is 26.6. The van der Waals surface area contributed by atoms with Gasteiger partial charge in [0.25, 0.3) is 0 Å². The van der Waals surface area contributed by atoms with E-state index >= 15 is 0 Å². The Kier molecular flexibility index (Phi) is 8.06. The summed E-state index contributed by atoms with van der Waals surface area (Å²) in [4.78, 5) is 17.6. The summed E-state index contributed by atoms with van der Waals surface area (Å²) in [6.45, 7) is 4.56. The van der Waals surface area contributed by atoms with Crippen LogP contribution in [0.25, 0.3) is 21.3 Å². The van der Waals surface area contributed by atoms with Gasteiger partial charge in [-0.2, -0.15) is 0 Å². The largest absolute Gasteiger partial charge is 0.464 e. The number of thiazole rings is 1. The lowest BCUT2D eigenvalue weighted by Gasteiger charge is -2.31. The molecule has 0 bridgehead atoms. The van der Waals surface area contributed by atoms with Crippen LogP contribution in [0.2, 0.25) is 0 Å². The lowest BCUT2D eigenvalue weighted by Crippen LogP contribution is -2.35. The van der Waals surface area contributed by atoms with E-state index in [-0.39, 0.29) is 5.97 Å². The van der Waals surface area contributed by atoms with Gasteiger partial charge in [-0.3, -0.25) is 0 Å². The van der Waals surface area contributed by atoms with E-state index in [0.29, 0.717) is 25.0 Å². The summed E-state index contributed by atoms with van der Waals surface area (Å²) >= 11 is 1.80. The number of hydrogen-bond donors (Lipinski definition) is 1. The summed E-state index contributed by atoms with van der Waals surface area (Å²) in [5.74, 6) is 0.447. The minimum Gasteiger partial charge on any atom is -0.464 e. The van der Waals surface area contributed by atoms with E-state index in [1.54, 1.807) is 11.3 Å². The van der Waals surface area contributed by atoms with E-state index in [0.717, 1.165) is 37.0 Å². The standard InChI is InChI=1S/C30H32N2O3S/c1-2-34-30(33)28(23-11-7-4-8-12-23)35-18-16-22-15-17-31-20-25(22)29-32-26-14-13-24(19-27(26)36-29)21-9-5-3-6-10-21/h3-14,19,22,25,28,31H,2,15-18,20H2,1H3. The van der Waals surface area contributed by atoms with Crippen LogP contribution in [0.1, 0.15) is 42.4 Å². The molecule has 36 heavy (non-hydrogen) atoms. The van der Waals surface area contributed by atoms with Crippen molar-refractivity contribution in [3.05, 3.63) is 89.4 Å². The van der Waals surface area contributed by atoms with E-state index in [1.807, 2.05) is 43.3 Å². The molecule has 0 aliphatic carbocycles. The van der Waals surface area contributed by atoms with Crippen molar-refractivity contribution in [2.75, 3.05) is 26.3 Å². The molecule has 0 amide bonds. The van der Waals surface area contributed by atoms with Gasteiger partial charge in [-0.25, -0.2) is 9.78 Å². The molecular weight excluding hydrogens is 468 g/mol. The van der Waals surface area contributed by atoms with E-state index < -0.39 is 6.10 Å². The van der Waals surface area contributed by atoms with Gasteiger partial charge < -0.3 is 14.8 Å². The monoisotopic (exact) mass is 500 g/mol. The molecule has 1 fully saturated rings. The molecule has 1 aromatic heterocycles. The van der Waals surface area contributed by atoms with Gasteiger partial charge >= 0.3 is 5.97 Å². The SMILES string of the molecule is CCOC(=O)C(OCCC1CCNCC1c1nc2ccc(-c3ccccc3)cc2s1)c1ccccc1. The van der Waals surface area contributed by atoms with Crippen LogP contribution in [0.3, 0.4) is 0 Å². The zero-order valence-electron chi connectivity index (χ0n) is 20.6. The first-order valence-electron chi connectivity index (χ1n) is 12.7. The van der Waals surface area contributed by atoms with Crippen LogP contribution in [-0.4, -0.2) is 37.3 Å². The molecule has 0 saturated carbocycles. The second-order valence-electron chi connectivity index (χ2n) is 9.16. The predicted molar refractivity (Wildman–Crippen MR) is 145 cm³/mol. The Hall–Kier alpha value is -3.06. The van der Waals surface area contributed by atoms with Crippen LogP contribution in [0.5, 0.6) is 0 Å². The zero-order chi connectivity index (χ0) is 24.7. The van der Waals surface area contributed by atoms with Crippen molar-refractivity contribution in [2.45, 2.75) is 31.8 Å². The normalized spacial score (nSPS) is 18.7. The lowest BCUT2D eigenvalue weighted by atomic mass is 9.84. The highest BCUT2D eigenvalue weighted by molar-refractivity contribution is 7.18. The van der Waals surface area contributed by atoms with Crippen molar-refractivity contribution >= 4 is 27.5 Å². The molecule has 0 radical (unpaired) electrons. The van der Waals surface area contributed by atoms with Gasteiger partial charge in [0, 0.05) is 19.1 Å². The fraction of sp³-hybridized carbons (Fsp3) is 0.333. The summed E-state index contributed by atoms with van der Waals surface area (Å²) < 4.78 is 12.6. The van der Waals surface area contributed by atoms with Crippen LogP contribution in [0.4, 0.5) is 0 Å². The molecule has 1 saturated heterocycles. The Labute approximate surface area is 216 Å². The van der Waals surface area contributed by atoms with Gasteiger partial charge in [0.15, 0.2) is 6.10 Å². The number of rotatable bonds is 9. The fourth-order valence-corrected chi connectivity index (χ4v) is 6.14. The number of nitrogens with one attached hydrogen (secondary N) is 1. The number of aromatic nitrogens is 1. The number of benzene rings is 3. The van der Waals surface area contributed by atoms with E-state index in [4.69, 9.17) is 14.5 Å². The van der Waals surface area contributed by atoms with Gasteiger partial charge in [0.2, 0.25) is 0 Å². The van der Waals surface area contributed by atoms with Gasteiger partial charge in [0.05, 0.1) is 21.8 Å². The molecule has 5 nitrogen and oxygen atoms in total. The first-order valence-corrected chi connectivity index (χ1v) is 13.5. The molecular formula is C30H32N2O3S. The third-order valence-corrected chi connectivity index (χ3v) is 7.98. The number of hydrogen-bond acceptors (Lipinski definition) is 6. The minimum atomic E-state index is -0.690. The predicted octanol–water partition coefficient (Wildman–Crippen LogP) is 6.37. The zero-order valence-corrected chi connectivity index (χ0v) is 21.4. The molecule has 1 aliphatic heterocycles. The van der Waals surface area contributed by atoms with Crippen molar-refractivity contribution in [3.63, 3.8) is 0 Å². The molecule has 3 unspecified atom stereocenters. The molecule has 6 heteroatoms. The average molecular weight is 501 g/mol. The van der Waals surface area contributed by atoms with Crippen LogP contribution in [-0.2, 0) is 14.3 Å². The minimum absolute atomic E-state index is 0.328. The molecule has 1 N–H and O–H groups in total. The Morgan fingerprint density at radius 3 is 2.61 bits per heavy atom. The second kappa shape index (κ2) is 11.8.